The molecule has 2 aromatic rings. The van der Waals surface area contributed by atoms with Crippen LogP contribution in [0.25, 0.3) is 10.1 Å². The van der Waals surface area contributed by atoms with Crippen molar-refractivity contribution < 1.29 is 9.84 Å². The van der Waals surface area contributed by atoms with Gasteiger partial charge in [0.05, 0.1) is 0 Å². The molecule has 0 aliphatic carbocycles. The van der Waals surface area contributed by atoms with E-state index in [0.29, 0.717) is 6.54 Å². The summed E-state index contributed by atoms with van der Waals surface area (Å²) in [6.45, 7) is 2.91. The molecular weight excluding hydrogens is 366 g/mol. The van der Waals surface area contributed by atoms with Crippen LogP contribution in [0.1, 0.15) is 23.8 Å². The van der Waals surface area contributed by atoms with E-state index in [2.05, 4.69) is 40.1 Å². The van der Waals surface area contributed by atoms with Gasteiger partial charge in [0.25, 0.3) is 0 Å². The highest BCUT2D eigenvalue weighted by molar-refractivity contribution is 8.00. The molecule has 1 fully saturated rings. The number of ether oxygens (including phenoxy) is 1. The van der Waals surface area contributed by atoms with Crippen LogP contribution in [0.2, 0.25) is 0 Å². The highest BCUT2D eigenvalue weighted by Gasteiger charge is 2.31. The molecule has 3 N–H and O–H groups in total. The Balaban J connectivity index is 1.53. The minimum atomic E-state index is -0.552. The first-order valence-electron chi connectivity index (χ1n) is 8.90. The molecule has 1 saturated heterocycles. The molecule has 1 aromatic carbocycles. The second-order valence-corrected chi connectivity index (χ2v) is 8.90. The molecule has 2 heterocycles. The molecule has 0 spiro atoms. The van der Waals surface area contributed by atoms with E-state index in [4.69, 9.17) is 4.74 Å². The van der Waals surface area contributed by atoms with Crippen molar-refractivity contribution in [2.24, 2.45) is 4.99 Å². The molecule has 0 bridgehead atoms. The van der Waals surface area contributed by atoms with Crippen molar-refractivity contribution in [3.05, 3.63) is 35.2 Å². The Bertz CT molecular complexity index is 708. The molecule has 7 heteroatoms. The zero-order valence-corrected chi connectivity index (χ0v) is 17.0. The molecule has 26 heavy (non-hydrogen) atoms. The second-order valence-electron chi connectivity index (χ2n) is 6.51. The van der Waals surface area contributed by atoms with E-state index in [1.807, 2.05) is 23.9 Å². The molecule has 1 aliphatic rings. The lowest BCUT2D eigenvalue weighted by Gasteiger charge is -2.36. The van der Waals surface area contributed by atoms with Crippen LogP contribution >= 0.6 is 23.1 Å². The smallest absolute Gasteiger partial charge is 0.191 e. The zero-order valence-electron chi connectivity index (χ0n) is 15.3. The lowest BCUT2D eigenvalue weighted by molar-refractivity contribution is 0.0782. The first kappa shape index (κ1) is 19.5. The standard InChI is InChI=1S/C19H27N3O2S2/c1-20-18(22-13-19(25-2)7-9-24-10-8-19)21-12-15(23)17-11-14-5-3-4-6-16(14)26-17/h3-6,11,15,23H,7-10,12-13H2,1-2H3,(H2,20,21,22). The molecule has 5 nitrogen and oxygen atoms in total. The maximum atomic E-state index is 10.5. The third kappa shape index (κ3) is 4.71. The monoisotopic (exact) mass is 393 g/mol. The number of fused-ring (bicyclic) bond motifs is 1. The molecular formula is C19H27N3O2S2. The minimum absolute atomic E-state index is 0.194. The van der Waals surface area contributed by atoms with Crippen LogP contribution in [0, 0.1) is 0 Å². The van der Waals surface area contributed by atoms with Crippen LogP contribution in [0.15, 0.2) is 35.3 Å². The van der Waals surface area contributed by atoms with Crippen molar-refractivity contribution >= 4 is 39.1 Å². The summed E-state index contributed by atoms with van der Waals surface area (Å²) in [5.41, 5.74) is 0. The van der Waals surface area contributed by atoms with Gasteiger partial charge < -0.3 is 20.5 Å². The summed E-state index contributed by atoms with van der Waals surface area (Å²) in [4.78, 5) is 5.26. The number of thioether (sulfide) groups is 1. The highest BCUT2D eigenvalue weighted by Crippen LogP contribution is 2.33. The van der Waals surface area contributed by atoms with Crippen LogP contribution in [0.3, 0.4) is 0 Å². The third-order valence-electron chi connectivity index (χ3n) is 4.87. The Kier molecular flexibility index (Phi) is 6.80. The van der Waals surface area contributed by atoms with E-state index in [9.17, 15) is 5.11 Å². The topological polar surface area (TPSA) is 65.9 Å². The van der Waals surface area contributed by atoms with Gasteiger partial charge in [-0.15, -0.1) is 11.3 Å². The number of hydrogen-bond donors (Lipinski definition) is 3. The predicted molar refractivity (Wildman–Crippen MR) is 112 cm³/mol. The predicted octanol–water partition coefficient (Wildman–Crippen LogP) is 3.01. The zero-order chi connectivity index (χ0) is 18.4. The molecule has 0 saturated carbocycles. The van der Waals surface area contributed by atoms with E-state index in [-0.39, 0.29) is 4.75 Å². The van der Waals surface area contributed by atoms with Crippen molar-refractivity contribution in [1.82, 2.24) is 10.6 Å². The Morgan fingerprint density at radius 3 is 2.81 bits per heavy atom. The number of rotatable bonds is 6. The first-order valence-corrected chi connectivity index (χ1v) is 10.9. The minimum Gasteiger partial charge on any atom is -0.386 e. The molecule has 1 aliphatic heterocycles. The number of hydrogen-bond acceptors (Lipinski definition) is 5. The van der Waals surface area contributed by atoms with Crippen molar-refractivity contribution in [2.75, 3.05) is 39.6 Å². The first-order chi connectivity index (χ1) is 12.7. The largest absolute Gasteiger partial charge is 0.386 e. The number of nitrogens with zero attached hydrogens (tertiary/aromatic N) is 1. The number of aliphatic hydroxyl groups excluding tert-OH is 1. The third-order valence-corrected chi connectivity index (χ3v) is 7.51. The normalized spacial score (nSPS) is 18.7. The number of aliphatic hydroxyl groups is 1. The van der Waals surface area contributed by atoms with Crippen LogP contribution < -0.4 is 10.6 Å². The summed E-state index contributed by atoms with van der Waals surface area (Å²) in [6.07, 6.45) is 3.70. The number of aliphatic imine (C=N–C) groups is 1. The van der Waals surface area contributed by atoms with Gasteiger partial charge in [0.2, 0.25) is 0 Å². The van der Waals surface area contributed by atoms with Gasteiger partial charge in [0.1, 0.15) is 6.10 Å². The Hall–Kier alpha value is -1.28. The molecule has 1 atom stereocenters. The molecule has 0 amide bonds. The van der Waals surface area contributed by atoms with Gasteiger partial charge in [0, 0.05) is 47.7 Å². The van der Waals surface area contributed by atoms with E-state index in [0.717, 1.165) is 43.4 Å². The fourth-order valence-corrected chi connectivity index (χ4v) is 4.96. The average Bonchev–Trinajstić information content (AvgIpc) is 3.13. The number of guanidine groups is 1. The van der Waals surface area contributed by atoms with Gasteiger partial charge in [-0.1, -0.05) is 18.2 Å². The average molecular weight is 394 g/mol. The fraction of sp³-hybridized carbons (Fsp3) is 0.526. The maximum absolute atomic E-state index is 10.5. The van der Waals surface area contributed by atoms with Gasteiger partial charge in [-0.3, -0.25) is 4.99 Å². The number of thiophene rings is 1. The van der Waals surface area contributed by atoms with E-state index >= 15 is 0 Å². The van der Waals surface area contributed by atoms with Crippen molar-refractivity contribution in [3.63, 3.8) is 0 Å². The quantitative estimate of drug-likeness (QED) is 0.520. The fourth-order valence-electron chi connectivity index (χ4n) is 3.12. The maximum Gasteiger partial charge on any atom is 0.191 e. The van der Waals surface area contributed by atoms with Gasteiger partial charge in [-0.25, -0.2) is 0 Å². The van der Waals surface area contributed by atoms with Gasteiger partial charge in [-0.2, -0.15) is 11.8 Å². The Morgan fingerprint density at radius 2 is 2.12 bits per heavy atom. The van der Waals surface area contributed by atoms with E-state index in [1.54, 1.807) is 18.4 Å². The van der Waals surface area contributed by atoms with Crippen LogP contribution in [-0.2, 0) is 4.74 Å². The molecule has 0 radical (unpaired) electrons. The lowest BCUT2D eigenvalue weighted by Crippen LogP contribution is -2.48. The van der Waals surface area contributed by atoms with Crippen molar-refractivity contribution in [3.8, 4) is 0 Å². The van der Waals surface area contributed by atoms with Gasteiger partial charge in [-0.05, 0) is 36.6 Å². The van der Waals surface area contributed by atoms with Gasteiger partial charge in [0.15, 0.2) is 5.96 Å². The van der Waals surface area contributed by atoms with Crippen LogP contribution in [0.4, 0.5) is 0 Å². The van der Waals surface area contributed by atoms with Crippen molar-refractivity contribution in [2.45, 2.75) is 23.7 Å². The Morgan fingerprint density at radius 1 is 1.35 bits per heavy atom. The summed E-state index contributed by atoms with van der Waals surface area (Å²) >= 11 is 3.53. The summed E-state index contributed by atoms with van der Waals surface area (Å²) in [6, 6.07) is 10.3. The second kappa shape index (κ2) is 9.08. The molecule has 142 valence electrons. The number of nitrogens with one attached hydrogen (secondary N) is 2. The van der Waals surface area contributed by atoms with Crippen LogP contribution in [0.5, 0.6) is 0 Å². The van der Waals surface area contributed by atoms with Crippen molar-refractivity contribution in [1.29, 1.82) is 0 Å². The SMILES string of the molecule is CN=C(NCC(O)c1cc2ccccc2s1)NCC1(SC)CCOCC1. The molecule has 1 unspecified atom stereocenters. The Labute approximate surface area is 163 Å². The van der Waals surface area contributed by atoms with E-state index < -0.39 is 6.10 Å². The summed E-state index contributed by atoms with van der Waals surface area (Å²) in [5, 5.41) is 18.4. The van der Waals surface area contributed by atoms with Crippen LogP contribution in [-0.4, -0.2) is 55.4 Å². The number of benzene rings is 1. The molecule has 1 aromatic heterocycles. The summed E-state index contributed by atoms with van der Waals surface area (Å²) in [5.74, 6) is 0.727. The lowest BCUT2D eigenvalue weighted by atomic mass is 9.99. The molecule has 3 rings (SSSR count). The van der Waals surface area contributed by atoms with Gasteiger partial charge >= 0.3 is 0 Å². The highest BCUT2D eigenvalue weighted by atomic mass is 32.2. The summed E-state index contributed by atoms with van der Waals surface area (Å²) in [7, 11) is 1.76. The van der Waals surface area contributed by atoms with E-state index in [1.165, 1.54) is 10.1 Å². The summed E-state index contributed by atoms with van der Waals surface area (Å²) < 4.78 is 6.89.